The average Bonchev–Trinajstić information content (AvgIpc) is 2.87. The molecule has 4 heterocycles. The molecular weight excluding hydrogens is 324 g/mol. The standard InChI is InChI=1S/C21H28N4O/c1-17-9-11-24(22-17)12-10-21(26)25-15-19-7-8-20(25)16-23(14-19)13-18-5-3-2-4-6-18/h2-6,9,11,19-20H,7-8,10,12-16H2,1H3/t19-,20+/m1/s1. The molecule has 26 heavy (non-hydrogen) atoms. The van der Waals surface area contributed by atoms with Crippen LogP contribution in [0.4, 0.5) is 0 Å². The molecule has 3 fully saturated rings. The third-order valence-electron chi connectivity index (χ3n) is 5.69. The van der Waals surface area contributed by atoms with Crippen LogP contribution in [0.3, 0.4) is 0 Å². The first-order valence-corrected chi connectivity index (χ1v) is 9.73. The van der Waals surface area contributed by atoms with Crippen LogP contribution < -0.4 is 0 Å². The minimum atomic E-state index is 0.286. The van der Waals surface area contributed by atoms with E-state index in [0.717, 1.165) is 38.3 Å². The summed E-state index contributed by atoms with van der Waals surface area (Å²) in [5, 5.41) is 4.39. The van der Waals surface area contributed by atoms with Gasteiger partial charge in [0.25, 0.3) is 0 Å². The Kier molecular flexibility index (Phi) is 5.07. The number of carbonyl (C=O) groups is 1. The molecular formula is C21H28N4O. The van der Waals surface area contributed by atoms with Crippen LogP contribution in [-0.4, -0.2) is 51.2 Å². The zero-order valence-corrected chi connectivity index (χ0v) is 15.6. The number of carbonyl (C=O) groups excluding carboxylic acids is 1. The van der Waals surface area contributed by atoms with Crippen LogP contribution in [0.25, 0.3) is 0 Å². The number of rotatable bonds is 5. The number of aromatic nitrogens is 2. The summed E-state index contributed by atoms with van der Waals surface area (Å²) < 4.78 is 1.88. The molecule has 3 saturated heterocycles. The van der Waals surface area contributed by atoms with Crippen molar-refractivity contribution in [2.45, 2.75) is 45.3 Å². The van der Waals surface area contributed by atoms with E-state index in [-0.39, 0.29) is 5.91 Å². The monoisotopic (exact) mass is 352 g/mol. The normalized spacial score (nSPS) is 23.2. The number of aryl methyl sites for hydroxylation is 2. The lowest BCUT2D eigenvalue weighted by atomic mass is 9.94. The molecule has 138 valence electrons. The number of amides is 1. The number of nitrogens with zero attached hydrogens (tertiary/aromatic N) is 4. The first kappa shape index (κ1) is 17.3. The summed E-state index contributed by atoms with van der Waals surface area (Å²) in [6.07, 6.45) is 4.89. The highest BCUT2D eigenvalue weighted by molar-refractivity contribution is 5.76. The van der Waals surface area contributed by atoms with Crippen LogP contribution in [0.15, 0.2) is 42.6 Å². The van der Waals surface area contributed by atoms with Crippen molar-refractivity contribution in [2.24, 2.45) is 5.92 Å². The second kappa shape index (κ2) is 7.62. The van der Waals surface area contributed by atoms with Crippen molar-refractivity contribution in [3.63, 3.8) is 0 Å². The number of piperidine rings is 1. The summed E-state index contributed by atoms with van der Waals surface area (Å²) >= 11 is 0. The maximum Gasteiger partial charge on any atom is 0.224 e. The Hall–Kier alpha value is -2.14. The highest BCUT2D eigenvalue weighted by Gasteiger charge is 2.36. The van der Waals surface area contributed by atoms with E-state index in [1.165, 1.54) is 12.0 Å². The number of hydrogen-bond acceptors (Lipinski definition) is 3. The number of hydrogen-bond donors (Lipinski definition) is 0. The van der Waals surface area contributed by atoms with Crippen LogP contribution in [0.5, 0.6) is 0 Å². The van der Waals surface area contributed by atoms with Crippen molar-refractivity contribution in [1.29, 1.82) is 0 Å². The van der Waals surface area contributed by atoms with Crippen molar-refractivity contribution < 1.29 is 4.79 Å². The topological polar surface area (TPSA) is 41.4 Å². The van der Waals surface area contributed by atoms with Crippen LogP contribution in [0, 0.1) is 12.8 Å². The third-order valence-corrected chi connectivity index (χ3v) is 5.69. The predicted molar refractivity (Wildman–Crippen MR) is 102 cm³/mol. The van der Waals surface area contributed by atoms with E-state index in [1.54, 1.807) is 0 Å². The summed E-state index contributed by atoms with van der Waals surface area (Å²) in [6.45, 7) is 6.67. The van der Waals surface area contributed by atoms with Gasteiger partial charge in [-0.1, -0.05) is 30.3 Å². The van der Waals surface area contributed by atoms with E-state index in [4.69, 9.17) is 0 Å². The molecule has 3 aliphatic heterocycles. The Bertz CT molecular complexity index is 741. The van der Waals surface area contributed by atoms with Gasteiger partial charge in [0.2, 0.25) is 5.91 Å². The smallest absolute Gasteiger partial charge is 0.224 e. The minimum absolute atomic E-state index is 0.286. The summed E-state index contributed by atoms with van der Waals surface area (Å²) in [4.78, 5) is 17.6. The average molecular weight is 352 g/mol. The highest BCUT2D eigenvalue weighted by atomic mass is 16.2. The number of fused-ring (bicyclic) bond motifs is 4. The second-order valence-corrected chi connectivity index (χ2v) is 7.79. The minimum Gasteiger partial charge on any atom is -0.338 e. The van der Waals surface area contributed by atoms with Gasteiger partial charge in [-0.15, -0.1) is 0 Å². The molecule has 2 bridgehead atoms. The quantitative estimate of drug-likeness (QED) is 0.831. The molecule has 5 rings (SSSR count). The van der Waals surface area contributed by atoms with E-state index in [0.29, 0.717) is 24.9 Å². The van der Waals surface area contributed by atoms with Gasteiger partial charge in [-0.3, -0.25) is 14.4 Å². The largest absolute Gasteiger partial charge is 0.338 e. The molecule has 1 amide bonds. The predicted octanol–water partition coefficient (Wildman–Crippen LogP) is 2.70. The fraction of sp³-hybridized carbons (Fsp3) is 0.524. The van der Waals surface area contributed by atoms with Crippen molar-refractivity contribution in [3.8, 4) is 0 Å². The lowest BCUT2D eigenvalue weighted by molar-refractivity contribution is -0.135. The zero-order chi connectivity index (χ0) is 17.9. The molecule has 0 unspecified atom stereocenters. The van der Waals surface area contributed by atoms with E-state index in [9.17, 15) is 4.79 Å². The molecule has 0 spiro atoms. The molecule has 0 radical (unpaired) electrons. The molecule has 5 heteroatoms. The number of benzene rings is 1. The first-order valence-electron chi connectivity index (χ1n) is 9.73. The van der Waals surface area contributed by atoms with Crippen LogP contribution in [0.2, 0.25) is 0 Å². The van der Waals surface area contributed by atoms with Gasteiger partial charge < -0.3 is 4.90 Å². The van der Waals surface area contributed by atoms with Gasteiger partial charge >= 0.3 is 0 Å². The van der Waals surface area contributed by atoms with E-state index in [2.05, 4.69) is 45.2 Å². The molecule has 1 aromatic carbocycles. The summed E-state index contributed by atoms with van der Waals surface area (Å²) in [6, 6.07) is 13.0. The van der Waals surface area contributed by atoms with Gasteiger partial charge in [0.15, 0.2) is 0 Å². The molecule has 0 N–H and O–H groups in total. The maximum absolute atomic E-state index is 12.9. The van der Waals surface area contributed by atoms with E-state index in [1.807, 2.05) is 23.9 Å². The molecule has 0 saturated carbocycles. The highest BCUT2D eigenvalue weighted by Crippen LogP contribution is 2.29. The SMILES string of the molecule is Cc1ccn(CCC(=O)N2C[C@@H]3CC[C@H]2CN(Cc2ccccc2)C3)n1. The molecule has 5 nitrogen and oxygen atoms in total. The van der Waals surface area contributed by atoms with Gasteiger partial charge in [-0.2, -0.15) is 5.10 Å². The Balaban J connectivity index is 1.37. The van der Waals surface area contributed by atoms with E-state index >= 15 is 0 Å². The van der Waals surface area contributed by atoms with Crippen LogP contribution >= 0.6 is 0 Å². The second-order valence-electron chi connectivity index (χ2n) is 7.79. The van der Waals surface area contributed by atoms with Gasteiger partial charge in [0, 0.05) is 51.4 Å². The fourth-order valence-corrected chi connectivity index (χ4v) is 4.40. The Morgan fingerprint density at radius 1 is 1.12 bits per heavy atom. The van der Waals surface area contributed by atoms with Gasteiger partial charge in [0.05, 0.1) is 5.69 Å². The van der Waals surface area contributed by atoms with Crippen LogP contribution in [0.1, 0.15) is 30.5 Å². The van der Waals surface area contributed by atoms with Gasteiger partial charge in [-0.25, -0.2) is 0 Å². The Labute approximate surface area is 155 Å². The van der Waals surface area contributed by atoms with E-state index < -0.39 is 0 Å². The van der Waals surface area contributed by atoms with Crippen molar-refractivity contribution in [1.82, 2.24) is 19.6 Å². The summed E-state index contributed by atoms with van der Waals surface area (Å²) in [7, 11) is 0. The fourth-order valence-electron chi connectivity index (χ4n) is 4.40. The molecule has 0 aliphatic carbocycles. The molecule has 2 atom stereocenters. The van der Waals surface area contributed by atoms with Crippen molar-refractivity contribution in [3.05, 3.63) is 53.9 Å². The third kappa shape index (κ3) is 3.98. The lowest BCUT2D eigenvalue weighted by Gasteiger charge is -2.36. The summed E-state index contributed by atoms with van der Waals surface area (Å²) in [5.41, 5.74) is 2.36. The molecule has 2 aromatic rings. The maximum atomic E-state index is 12.9. The Morgan fingerprint density at radius 2 is 1.96 bits per heavy atom. The van der Waals surface area contributed by atoms with Gasteiger partial charge in [-0.05, 0) is 37.3 Å². The summed E-state index contributed by atoms with van der Waals surface area (Å²) in [5.74, 6) is 0.891. The zero-order valence-electron chi connectivity index (χ0n) is 15.6. The van der Waals surface area contributed by atoms with Gasteiger partial charge in [0.1, 0.15) is 0 Å². The Morgan fingerprint density at radius 3 is 2.73 bits per heavy atom. The van der Waals surface area contributed by atoms with Crippen molar-refractivity contribution >= 4 is 5.91 Å². The lowest BCUT2D eigenvalue weighted by Crippen LogP contribution is -2.47. The first-order chi connectivity index (χ1) is 12.7. The van der Waals surface area contributed by atoms with Crippen molar-refractivity contribution in [2.75, 3.05) is 19.6 Å². The molecule has 3 aliphatic rings. The van der Waals surface area contributed by atoms with Crippen LogP contribution in [-0.2, 0) is 17.9 Å². The molecule has 1 aromatic heterocycles.